The first-order chi connectivity index (χ1) is 19.7. The summed E-state index contributed by atoms with van der Waals surface area (Å²) >= 11 is 0. The van der Waals surface area contributed by atoms with Crippen LogP contribution in [0.1, 0.15) is 5.56 Å². The Morgan fingerprint density at radius 2 is 1.05 bits per heavy atom. The molecule has 0 unspecified atom stereocenters. The van der Waals surface area contributed by atoms with Crippen LogP contribution in [-0.2, 0) is 0 Å². The van der Waals surface area contributed by atoms with E-state index in [0.717, 1.165) is 50.5 Å². The second-order valence-corrected chi connectivity index (χ2v) is 10.5. The van der Waals surface area contributed by atoms with Gasteiger partial charge in [0.25, 0.3) is 6.71 Å². The fraction of sp³-hybridized carbons (Fsp3) is 0.0270. The maximum Gasteiger partial charge on any atom is 0.260 e. The molecular weight excluding hydrogens is 487 g/mol. The van der Waals surface area contributed by atoms with E-state index in [1.807, 2.05) is 6.07 Å². The van der Waals surface area contributed by atoms with Gasteiger partial charge in [-0.1, -0.05) is 109 Å². The van der Waals surface area contributed by atoms with Crippen LogP contribution >= 0.6 is 0 Å². The van der Waals surface area contributed by atoms with Gasteiger partial charge in [0.1, 0.15) is 23.0 Å². The number of aryl methyl sites for hydroxylation is 1. The zero-order chi connectivity index (χ0) is 26.6. The highest BCUT2D eigenvalue weighted by Crippen LogP contribution is 2.41. The van der Waals surface area contributed by atoms with Crippen molar-refractivity contribution in [1.29, 1.82) is 0 Å². The molecule has 2 nitrogen and oxygen atoms in total. The molecule has 0 spiro atoms. The van der Waals surface area contributed by atoms with Gasteiger partial charge in [-0.3, -0.25) is 0 Å². The predicted molar refractivity (Wildman–Crippen MR) is 165 cm³/mol. The van der Waals surface area contributed by atoms with Crippen LogP contribution in [0.5, 0.6) is 23.0 Å². The Morgan fingerprint density at radius 1 is 0.450 bits per heavy atom. The minimum Gasteiger partial charge on any atom is -0.458 e. The Labute approximate surface area is 234 Å². The van der Waals surface area contributed by atoms with Gasteiger partial charge in [0, 0.05) is 11.0 Å². The van der Waals surface area contributed by atoms with Crippen molar-refractivity contribution in [2.45, 2.75) is 6.92 Å². The first kappa shape index (κ1) is 22.9. The lowest BCUT2D eigenvalue weighted by molar-refractivity contribution is 0.465. The van der Waals surface area contributed by atoms with Crippen molar-refractivity contribution < 1.29 is 9.47 Å². The largest absolute Gasteiger partial charge is 0.458 e. The van der Waals surface area contributed by atoms with E-state index in [1.54, 1.807) is 0 Å². The second kappa shape index (κ2) is 9.03. The minimum absolute atomic E-state index is 0.0196. The SMILES string of the molecule is Cc1ccccc1-c1ccc2c(c1)B1c3cc(-c4ccccc4)ccc3Oc3ccc(-c4ccccc4)c(c31)O2. The predicted octanol–water partition coefficient (Wildman–Crippen LogP) is 7.72. The molecule has 188 valence electrons. The van der Waals surface area contributed by atoms with Crippen molar-refractivity contribution in [3.63, 3.8) is 0 Å². The summed E-state index contributed by atoms with van der Waals surface area (Å²) in [6, 6.07) is 47.0. The summed E-state index contributed by atoms with van der Waals surface area (Å²) in [5.41, 5.74) is 11.7. The molecule has 0 bridgehead atoms. The molecule has 2 heterocycles. The summed E-state index contributed by atoms with van der Waals surface area (Å²) in [7, 11) is 0. The molecule has 0 aliphatic carbocycles. The third-order valence-corrected chi connectivity index (χ3v) is 8.17. The van der Waals surface area contributed by atoms with Gasteiger partial charge in [-0.25, -0.2) is 0 Å². The molecule has 0 saturated carbocycles. The topological polar surface area (TPSA) is 18.5 Å². The van der Waals surface area contributed by atoms with Crippen LogP contribution in [0, 0.1) is 6.92 Å². The number of hydrogen-bond donors (Lipinski definition) is 0. The van der Waals surface area contributed by atoms with Gasteiger partial charge in [0.2, 0.25) is 0 Å². The van der Waals surface area contributed by atoms with E-state index in [-0.39, 0.29) is 6.71 Å². The Balaban J connectivity index is 1.39. The van der Waals surface area contributed by atoms with Crippen LogP contribution in [0.3, 0.4) is 0 Å². The van der Waals surface area contributed by atoms with Crippen molar-refractivity contribution in [2.24, 2.45) is 0 Å². The first-order valence-electron chi connectivity index (χ1n) is 13.7. The van der Waals surface area contributed by atoms with Gasteiger partial charge >= 0.3 is 0 Å². The average Bonchev–Trinajstić information content (AvgIpc) is 3.01. The molecule has 0 saturated heterocycles. The fourth-order valence-corrected chi connectivity index (χ4v) is 6.21. The van der Waals surface area contributed by atoms with Gasteiger partial charge in [0.05, 0.1) is 0 Å². The monoisotopic (exact) mass is 512 g/mol. The molecular formula is C37H25BO2. The number of fused-ring (bicyclic) bond motifs is 4. The number of benzene rings is 6. The third-order valence-electron chi connectivity index (χ3n) is 8.17. The molecule has 6 aromatic rings. The van der Waals surface area contributed by atoms with Crippen LogP contribution in [-0.4, -0.2) is 6.71 Å². The Morgan fingerprint density at radius 3 is 1.80 bits per heavy atom. The molecule has 2 aliphatic heterocycles. The van der Waals surface area contributed by atoms with E-state index in [4.69, 9.17) is 9.47 Å². The molecule has 0 fully saturated rings. The summed E-state index contributed by atoms with van der Waals surface area (Å²) in [5, 5.41) is 0. The van der Waals surface area contributed by atoms with E-state index in [0.29, 0.717) is 0 Å². The standard InChI is InChI=1S/C37H25BO2/c1-24-10-8-9-15-29(24)28-17-20-34-32(23-28)38-31-22-27(25-11-4-2-5-12-25)16-19-33(31)39-35-21-18-30(37(40-34)36(35)38)26-13-6-3-7-14-26/h2-23H,1H3. The van der Waals surface area contributed by atoms with E-state index < -0.39 is 0 Å². The minimum atomic E-state index is -0.0196. The Bertz CT molecular complexity index is 1910. The van der Waals surface area contributed by atoms with Crippen molar-refractivity contribution >= 4 is 23.1 Å². The summed E-state index contributed by atoms with van der Waals surface area (Å²) in [6.45, 7) is 2.15. The van der Waals surface area contributed by atoms with Crippen LogP contribution in [0.15, 0.2) is 133 Å². The highest BCUT2D eigenvalue weighted by molar-refractivity contribution is 6.98. The van der Waals surface area contributed by atoms with Crippen molar-refractivity contribution in [1.82, 2.24) is 0 Å². The van der Waals surface area contributed by atoms with E-state index in [2.05, 4.69) is 134 Å². The van der Waals surface area contributed by atoms with Crippen molar-refractivity contribution in [3.05, 3.63) is 139 Å². The highest BCUT2D eigenvalue weighted by Gasteiger charge is 2.41. The summed E-state index contributed by atoms with van der Waals surface area (Å²) in [4.78, 5) is 0. The smallest absolute Gasteiger partial charge is 0.260 e. The van der Waals surface area contributed by atoms with Crippen LogP contribution < -0.4 is 25.9 Å². The molecule has 0 atom stereocenters. The zero-order valence-electron chi connectivity index (χ0n) is 22.1. The fourth-order valence-electron chi connectivity index (χ4n) is 6.21. The maximum atomic E-state index is 6.78. The maximum absolute atomic E-state index is 6.78. The molecule has 3 heteroatoms. The lowest BCUT2D eigenvalue weighted by Crippen LogP contribution is -2.57. The Hall–Kier alpha value is -5.02. The number of hydrogen-bond acceptors (Lipinski definition) is 2. The molecule has 6 aromatic carbocycles. The van der Waals surface area contributed by atoms with Crippen LogP contribution in [0.2, 0.25) is 0 Å². The molecule has 0 radical (unpaired) electrons. The normalized spacial score (nSPS) is 12.5. The molecule has 0 N–H and O–H groups in total. The van der Waals surface area contributed by atoms with E-state index in [1.165, 1.54) is 27.8 Å². The van der Waals surface area contributed by atoms with Gasteiger partial charge in [-0.15, -0.1) is 0 Å². The lowest BCUT2D eigenvalue weighted by atomic mass is 9.34. The van der Waals surface area contributed by atoms with Crippen molar-refractivity contribution in [2.75, 3.05) is 0 Å². The van der Waals surface area contributed by atoms with Gasteiger partial charge in [-0.2, -0.15) is 0 Å². The molecule has 0 aromatic heterocycles. The number of ether oxygens (including phenoxy) is 2. The zero-order valence-corrected chi connectivity index (χ0v) is 22.1. The van der Waals surface area contributed by atoms with Gasteiger partial charge < -0.3 is 9.47 Å². The summed E-state index contributed by atoms with van der Waals surface area (Å²) < 4.78 is 13.4. The average molecular weight is 512 g/mol. The van der Waals surface area contributed by atoms with Gasteiger partial charge in [0.15, 0.2) is 0 Å². The van der Waals surface area contributed by atoms with E-state index >= 15 is 0 Å². The first-order valence-corrected chi connectivity index (χ1v) is 13.7. The molecule has 40 heavy (non-hydrogen) atoms. The summed E-state index contributed by atoms with van der Waals surface area (Å²) in [5.74, 6) is 3.51. The van der Waals surface area contributed by atoms with E-state index in [9.17, 15) is 0 Å². The van der Waals surface area contributed by atoms with Gasteiger partial charge in [-0.05, 0) is 75.5 Å². The summed E-state index contributed by atoms with van der Waals surface area (Å²) in [6.07, 6.45) is 0. The third kappa shape index (κ3) is 3.59. The lowest BCUT2D eigenvalue weighted by Gasteiger charge is -2.34. The highest BCUT2D eigenvalue weighted by atomic mass is 16.5. The Kier molecular flexibility index (Phi) is 5.18. The van der Waals surface area contributed by atoms with Crippen LogP contribution in [0.25, 0.3) is 33.4 Å². The van der Waals surface area contributed by atoms with Crippen LogP contribution in [0.4, 0.5) is 0 Å². The second-order valence-electron chi connectivity index (χ2n) is 10.5. The molecule has 0 amide bonds. The quantitative estimate of drug-likeness (QED) is 0.226. The molecule has 8 rings (SSSR count). The molecule has 2 aliphatic rings. The van der Waals surface area contributed by atoms with Crippen molar-refractivity contribution in [3.8, 4) is 56.4 Å². The number of rotatable bonds is 3.